The van der Waals surface area contributed by atoms with Gasteiger partial charge in [-0.05, 0) is 40.5 Å². The van der Waals surface area contributed by atoms with E-state index in [0.29, 0.717) is 17.2 Å². The first-order valence-corrected chi connectivity index (χ1v) is 8.03. The van der Waals surface area contributed by atoms with Gasteiger partial charge in [0, 0.05) is 15.7 Å². The molecule has 7 heteroatoms. The molecule has 0 saturated carbocycles. The van der Waals surface area contributed by atoms with Gasteiger partial charge in [-0.2, -0.15) is 0 Å². The third-order valence-electron chi connectivity index (χ3n) is 1.68. The van der Waals surface area contributed by atoms with Crippen molar-refractivity contribution < 1.29 is 13.2 Å². The molecule has 0 heterocycles. The molecule has 1 aromatic carbocycles. The van der Waals surface area contributed by atoms with E-state index in [1.807, 2.05) is 0 Å². The molecular formula is C9H9BrCl2O3S. The molecule has 0 atom stereocenters. The second kappa shape index (κ2) is 6.10. The average Bonchev–Trinajstić information content (AvgIpc) is 2.16. The van der Waals surface area contributed by atoms with E-state index in [1.54, 1.807) is 18.2 Å². The molecule has 0 aromatic heterocycles. The number of ether oxygens (including phenoxy) is 1. The summed E-state index contributed by atoms with van der Waals surface area (Å²) in [5.41, 5.74) is 0. The third-order valence-corrected chi connectivity index (χ3v) is 3.81. The summed E-state index contributed by atoms with van der Waals surface area (Å²) in [5.74, 6) is 0.478. The van der Waals surface area contributed by atoms with Crippen LogP contribution < -0.4 is 4.74 Å². The Morgan fingerprint density at radius 2 is 2.06 bits per heavy atom. The monoisotopic (exact) mass is 346 g/mol. The highest BCUT2D eigenvalue weighted by molar-refractivity contribution is 9.10. The molecule has 0 radical (unpaired) electrons. The van der Waals surface area contributed by atoms with E-state index < -0.39 is 9.05 Å². The van der Waals surface area contributed by atoms with Crippen LogP contribution in [0.3, 0.4) is 0 Å². The van der Waals surface area contributed by atoms with Gasteiger partial charge < -0.3 is 4.74 Å². The normalized spacial score (nSPS) is 11.4. The van der Waals surface area contributed by atoms with Crippen LogP contribution in [0.15, 0.2) is 22.7 Å². The van der Waals surface area contributed by atoms with E-state index in [9.17, 15) is 8.42 Å². The van der Waals surface area contributed by atoms with Crippen molar-refractivity contribution in [1.29, 1.82) is 0 Å². The van der Waals surface area contributed by atoms with E-state index >= 15 is 0 Å². The van der Waals surface area contributed by atoms with Gasteiger partial charge in [-0.25, -0.2) is 8.42 Å². The maximum Gasteiger partial charge on any atom is 0.232 e. The highest BCUT2D eigenvalue weighted by Crippen LogP contribution is 2.28. The van der Waals surface area contributed by atoms with Gasteiger partial charge >= 0.3 is 0 Å². The van der Waals surface area contributed by atoms with Crippen LogP contribution in [0.2, 0.25) is 5.02 Å². The molecule has 0 saturated heterocycles. The Hall–Kier alpha value is 0.0300. The van der Waals surface area contributed by atoms with Gasteiger partial charge in [-0.15, -0.1) is 0 Å². The van der Waals surface area contributed by atoms with Crippen LogP contribution in [0.4, 0.5) is 0 Å². The van der Waals surface area contributed by atoms with Crippen LogP contribution in [-0.4, -0.2) is 20.8 Å². The zero-order valence-corrected chi connectivity index (χ0v) is 12.0. The summed E-state index contributed by atoms with van der Waals surface area (Å²) in [6, 6.07) is 5.14. The lowest BCUT2D eigenvalue weighted by Gasteiger charge is -2.07. The number of benzene rings is 1. The summed E-state index contributed by atoms with van der Waals surface area (Å²) >= 11 is 9.08. The van der Waals surface area contributed by atoms with E-state index in [0.717, 1.165) is 4.47 Å². The molecule has 90 valence electrons. The Labute approximate surface area is 112 Å². The third kappa shape index (κ3) is 5.39. The molecule has 16 heavy (non-hydrogen) atoms. The van der Waals surface area contributed by atoms with Crippen LogP contribution in [-0.2, 0) is 9.05 Å². The van der Waals surface area contributed by atoms with Crippen molar-refractivity contribution in [3.8, 4) is 5.75 Å². The fourth-order valence-electron chi connectivity index (χ4n) is 1.00. The van der Waals surface area contributed by atoms with E-state index in [1.165, 1.54) is 0 Å². The minimum atomic E-state index is -3.44. The van der Waals surface area contributed by atoms with Crippen molar-refractivity contribution in [3.63, 3.8) is 0 Å². The second-order valence-corrected chi connectivity index (χ2v) is 7.21. The molecular weight excluding hydrogens is 339 g/mol. The van der Waals surface area contributed by atoms with Gasteiger partial charge in [0.05, 0.1) is 16.8 Å². The second-order valence-electron chi connectivity index (χ2n) is 3.02. The van der Waals surface area contributed by atoms with Crippen molar-refractivity contribution in [3.05, 3.63) is 27.7 Å². The molecule has 3 nitrogen and oxygen atoms in total. The molecule has 0 amide bonds. The fourth-order valence-corrected chi connectivity index (χ4v) is 2.31. The van der Waals surface area contributed by atoms with Gasteiger partial charge in [-0.3, -0.25) is 0 Å². The molecule has 0 unspecified atom stereocenters. The van der Waals surface area contributed by atoms with Crippen molar-refractivity contribution >= 4 is 47.3 Å². The quantitative estimate of drug-likeness (QED) is 0.605. The highest BCUT2D eigenvalue weighted by Gasteiger charge is 2.06. The zero-order valence-electron chi connectivity index (χ0n) is 8.12. The molecule has 1 rings (SSSR count). The SMILES string of the molecule is O=S(=O)(Cl)CCCOc1cc(Cl)ccc1Br. The fraction of sp³-hybridized carbons (Fsp3) is 0.333. The number of hydrogen-bond donors (Lipinski definition) is 0. The minimum absolute atomic E-state index is 0.104. The van der Waals surface area contributed by atoms with Crippen LogP contribution in [0, 0.1) is 0 Å². The van der Waals surface area contributed by atoms with Gasteiger partial charge in [-0.1, -0.05) is 11.6 Å². The lowest BCUT2D eigenvalue weighted by Crippen LogP contribution is -2.05. The minimum Gasteiger partial charge on any atom is -0.492 e. The van der Waals surface area contributed by atoms with Crippen LogP contribution in [0.5, 0.6) is 5.75 Å². The molecule has 0 aliphatic carbocycles. The van der Waals surface area contributed by atoms with Crippen molar-refractivity contribution in [2.75, 3.05) is 12.4 Å². The summed E-state index contributed by atoms with van der Waals surface area (Å²) in [4.78, 5) is 0. The van der Waals surface area contributed by atoms with E-state index in [2.05, 4.69) is 15.9 Å². The zero-order chi connectivity index (χ0) is 12.2. The molecule has 0 bridgehead atoms. The first-order chi connectivity index (χ1) is 7.38. The summed E-state index contributed by atoms with van der Waals surface area (Å²) in [6.45, 7) is 0.269. The average molecular weight is 348 g/mol. The summed E-state index contributed by atoms with van der Waals surface area (Å²) in [5, 5.41) is 0.558. The smallest absolute Gasteiger partial charge is 0.232 e. The molecule has 1 aromatic rings. The predicted octanol–water partition coefficient (Wildman–Crippen LogP) is 3.44. The van der Waals surface area contributed by atoms with Crippen LogP contribution in [0.1, 0.15) is 6.42 Å². The van der Waals surface area contributed by atoms with Crippen LogP contribution >= 0.6 is 38.2 Å². The van der Waals surface area contributed by atoms with Gasteiger partial charge in [0.2, 0.25) is 9.05 Å². The molecule has 0 aliphatic rings. The van der Waals surface area contributed by atoms with Gasteiger partial charge in [0.25, 0.3) is 0 Å². The lowest BCUT2D eigenvalue weighted by molar-refractivity contribution is 0.316. The summed E-state index contributed by atoms with van der Waals surface area (Å²) < 4.78 is 27.4. The van der Waals surface area contributed by atoms with Crippen LogP contribution in [0.25, 0.3) is 0 Å². The van der Waals surface area contributed by atoms with Gasteiger partial charge in [0.15, 0.2) is 0 Å². The maximum atomic E-state index is 10.6. The maximum absolute atomic E-state index is 10.6. The van der Waals surface area contributed by atoms with Gasteiger partial charge in [0.1, 0.15) is 5.75 Å². The molecule has 0 spiro atoms. The largest absolute Gasteiger partial charge is 0.492 e. The number of hydrogen-bond acceptors (Lipinski definition) is 3. The van der Waals surface area contributed by atoms with Crippen molar-refractivity contribution in [2.45, 2.75) is 6.42 Å². The first kappa shape index (κ1) is 14.1. The Morgan fingerprint density at radius 1 is 1.38 bits per heavy atom. The Morgan fingerprint density at radius 3 is 2.69 bits per heavy atom. The Kier molecular flexibility index (Phi) is 5.37. The summed E-state index contributed by atoms with van der Waals surface area (Å²) in [7, 11) is 1.62. The van der Waals surface area contributed by atoms with E-state index in [4.69, 9.17) is 27.0 Å². The molecule has 0 N–H and O–H groups in total. The topological polar surface area (TPSA) is 43.4 Å². The Balaban J connectivity index is 2.46. The summed E-state index contributed by atoms with van der Waals surface area (Å²) in [6.07, 6.45) is 0.338. The standard InChI is InChI=1S/C9H9BrCl2O3S/c10-8-3-2-7(11)6-9(8)15-4-1-5-16(12,13)14/h2-3,6H,1,4-5H2. The Bertz CT molecular complexity index is 462. The van der Waals surface area contributed by atoms with Crippen molar-refractivity contribution in [1.82, 2.24) is 0 Å². The first-order valence-electron chi connectivity index (χ1n) is 4.39. The highest BCUT2D eigenvalue weighted by atomic mass is 79.9. The number of halogens is 3. The predicted molar refractivity (Wildman–Crippen MR) is 68.9 cm³/mol. The number of rotatable bonds is 5. The molecule has 0 fully saturated rings. The lowest BCUT2D eigenvalue weighted by atomic mass is 10.3. The van der Waals surface area contributed by atoms with Crippen molar-refractivity contribution in [2.24, 2.45) is 0 Å². The molecule has 0 aliphatic heterocycles. The van der Waals surface area contributed by atoms with E-state index in [-0.39, 0.29) is 12.4 Å².